The summed E-state index contributed by atoms with van der Waals surface area (Å²) in [6.07, 6.45) is 4.20. The number of ether oxygens (including phenoxy) is 1. The molecule has 3 aromatic rings. The van der Waals surface area contributed by atoms with Crippen molar-refractivity contribution in [3.8, 4) is 0 Å². The first-order chi connectivity index (χ1) is 18.0. The van der Waals surface area contributed by atoms with Gasteiger partial charge >= 0.3 is 0 Å². The van der Waals surface area contributed by atoms with Crippen molar-refractivity contribution in [2.75, 3.05) is 19.7 Å². The van der Waals surface area contributed by atoms with E-state index >= 15 is 0 Å². The molecule has 2 saturated heterocycles. The number of aryl methyl sites for hydroxylation is 1. The molecule has 2 aliphatic heterocycles. The molecule has 0 aliphatic carbocycles. The Balaban J connectivity index is 1.36. The number of pyridine rings is 1. The predicted molar refractivity (Wildman–Crippen MR) is 137 cm³/mol. The maximum absolute atomic E-state index is 13.8. The van der Waals surface area contributed by atoms with Crippen molar-refractivity contribution >= 4 is 17.7 Å². The lowest BCUT2D eigenvalue weighted by molar-refractivity contribution is -0.128. The molecule has 8 heteroatoms. The predicted octanol–water partition coefficient (Wildman–Crippen LogP) is 3.18. The highest BCUT2D eigenvalue weighted by Gasteiger charge is 2.54. The van der Waals surface area contributed by atoms with E-state index in [0.717, 1.165) is 11.1 Å². The summed E-state index contributed by atoms with van der Waals surface area (Å²) >= 11 is 0. The molecule has 0 unspecified atom stereocenters. The van der Waals surface area contributed by atoms with Crippen molar-refractivity contribution in [2.45, 2.75) is 38.1 Å². The third-order valence-corrected chi connectivity index (χ3v) is 7.23. The zero-order valence-electron chi connectivity index (χ0n) is 20.8. The summed E-state index contributed by atoms with van der Waals surface area (Å²) in [5.74, 6) is -0.546. The molecule has 1 spiro atoms. The van der Waals surface area contributed by atoms with E-state index in [4.69, 9.17) is 4.74 Å². The maximum Gasteiger partial charge on any atom is 0.256 e. The summed E-state index contributed by atoms with van der Waals surface area (Å²) < 4.78 is 6.28. The van der Waals surface area contributed by atoms with Gasteiger partial charge in [0.2, 0.25) is 5.91 Å². The third kappa shape index (κ3) is 4.97. The summed E-state index contributed by atoms with van der Waals surface area (Å²) in [6.45, 7) is 3.21. The molecule has 2 fully saturated rings. The summed E-state index contributed by atoms with van der Waals surface area (Å²) in [4.78, 5) is 47.7. The molecule has 8 nitrogen and oxygen atoms in total. The van der Waals surface area contributed by atoms with Gasteiger partial charge in [-0.15, -0.1) is 0 Å². The molecule has 0 saturated carbocycles. The molecule has 3 amide bonds. The lowest BCUT2D eigenvalue weighted by Gasteiger charge is -2.44. The number of hydrogen-bond acceptors (Lipinski definition) is 5. The number of nitrogens with one attached hydrogen (secondary N) is 1. The van der Waals surface area contributed by atoms with Gasteiger partial charge in [0.1, 0.15) is 11.8 Å². The Morgan fingerprint density at radius 1 is 0.946 bits per heavy atom. The van der Waals surface area contributed by atoms with Crippen LogP contribution in [0.2, 0.25) is 0 Å². The van der Waals surface area contributed by atoms with Crippen molar-refractivity contribution in [1.82, 2.24) is 20.1 Å². The van der Waals surface area contributed by atoms with Crippen LogP contribution in [-0.4, -0.2) is 64.0 Å². The fourth-order valence-electron chi connectivity index (χ4n) is 5.14. The molecule has 2 aliphatic rings. The number of amides is 3. The van der Waals surface area contributed by atoms with Crippen LogP contribution in [0.25, 0.3) is 0 Å². The summed E-state index contributed by atoms with van der Waals surface area (Å²) in [5, 5.41) is 2.95. The van der Waals surface area contributed by atoms with Gasteiger partial charge in [-0.1, -0.05) is 36.4 Å². The normalized spacial score (nSPS) is 18.6. The minimum Gasteiger partial charge on any atom is -0.353 e. The lowest BCUT2D eigenvalue weighted by Crippen LogP contribution is -2.59. The highest BCUT2D eigenvalue weighted by molar-refractivity contribution is 5.99. The minimum absolute atomic E-state index is 0.0291. The Bertz CT molecular complexity index is 1270. The van der Waals surface area contributed by atoms with Crippen molar-refractivity contribution in [3.05, 3.63) is 101 Å². The van der Waals surface area contributed by atoms with Gasteiger partial charge in [-0.25, -0.2) is 0 Å². The van der Waals surface area contributed by atoms with E-state index in [1.807, 2.05) is 49.4 Å². The van der Waals surface area contributed by atoms with Gasteiger partial charge in [-0.2, -0.15) is 0 Å². The van der Waals surface area contributed by atoms with Gasteiger partial charge in [-0.05, 0) is 48.4 Å². The van der Waals surface area contributed by atoms with Crippen molar-refractivity contribution in [3.63, 3.8) is 0 Å². The lowest BCUT2D eigenvalue weighted by atomic mass is 9.95. The molecule has 37 heavy (non-hydrogen) atoms. The molecule has 0 bridgehead atoms. The highest BCUT2D eigenvalue weighted by Crippen LogP contribution is 2.39. The Morgan fingerprint density at radius 2 is 1.62 bits per heavy atom. The molecule has 0 radical (unpaired) electrons. The number of piperidine rings is 1. The Morgan fingerprint density at radius 3 is 2.32 bits per heavy atom. The number of carbonyl (C=O) groups excluding carboxylic acids is 3. The fourth-order valence-corrected chi connectivity index (χ4v) is 5.14. The third-order valence-electron chi connectivity index (χ3n) is 7.23. The number of aromatic nitrogens is 1. The van der Waals surface area contributed by atoms with Crippen molar-refractivity contribution < 1.29 is 19.1 Å². The maximum atomic E-state index is 13.8. The summed E-state index contributed by atoms with van der Waals surface area (Å²) in [6, 6.07) is 19.4. The molecular formula is C29H30N4O4. The number of rotatable bonds is 5. The highest BCUT2D eigenvalue weighted by atomic mass is 16.5. The zero-order valence-corrected chi connectivity index (χ0v) is 20.8. The molecule has 5 rings (SSSR count). The van der Waals surface area contributed by atoms with Crippen LogP contribution in [0.15, 0.2) is 79.1 Å². The Labute approximate surface area is 216 Å². The second-order valence-electron chi connectivity index (χ2n) is 9.49. The summed E-state index contributed by atoms with van der Waals surface area (Å²) in [5.41, 5.74) is 2.07. The van der Waals surface area contributed by atoms with Crippen LogP contribution in [0.4, 0.5) is 0 Å². The minimum atomic E-state index is -0.950. The average molecular weight is 499 g/mol. The molecule has 3 heterocycles. The quantitative estimate of drug-likeness (QED) is 0.584. The van der Waals surface area contributed by atoms with Crippen molar-refractivity contribution in [2.24, 2.45) is 0 Å². The van der Waals surface area contributed by atoms with Gasteiger partial charge in [0.05, 0.1) is 6.61 Å². The van der Waals surface area contributed by atoms with E-state index < -0.39 is 11.8 Å². The Kier molecular flexibility index (Phi) is 7.01. The first-order valence-electron chi connectivity index (χ1n) is 12.5. The Hall–Kier alpha value is -4.04. The zero-order chi connectivity index (χ0) is 25.8. The van der Waals surface area contributed by atoms with Gasteiger partial charge in [0.25, 0.3) is 11.8 Å². The van der Waals surface area contributed by atoms with Gasteiger partial charge < -0.3 is 15.0 Å². The SMILES string of the molecule is Cc1ccccc1C(=O)N1CCC2(CC1)OC[C@@H](C(=O)NCc1ccncc1)N2C(=O)c1ccccc1. The summed E-state index contributed by atoms with van der Waals surface area (Å²) in [7, 11) is 0. The van der Waals surface area contributed by atoms with Crippen LogP contribution >= 0.6 is 0 Å². The second-order valence-corrected chi connectivity index (χ2v) is 9.49. The largest absolute Gasteiger partial charge is 0.353 e. The number of benzene rings is 2. The number of nitrogens with zero attached hydrogens (tertiary/aromatic N) is 3. The topological polar surface area (TPSA) is 91.8 Å². The number of likely N-dealkylation sites (tertiary alicyclic amines) is 1. The van der Waals surface area contributed by atoms with Gasteiger partial charge in [-0.3, -0.25) is 24.3 Å². The molecule has 2 aromatic carbocycles. The second kappa shape index (κ2) is 10.5. The standard InChI is InChI=1S/C29H30N4O4/c1-21-7-5-6-10-24(21)28(36)32-17-13-29(14-18-32)33(27(35)23-8-3-2-4-9-23)25(20-37-29)26(34)31-19-22-11-15-30-16-12-22/h2-12,15-16,25H,13-14,17-20H2,1H3,(H,31,34)/t25-/m0/s1. The first kappa shape index (κ1) is 24.6. The molecule has 190 valence electrons. The number of carbonyl (C=O) groups is 3. The van der Waals surface area contributed by atoms with Crippen LogP contribution in [0, 0.1) is 6.92 Å². The molecular weight excluding hydrogens is 468 g/mol. The van der Waals surface area contributed by atoms with E-state index in [1.54, 1.807) is 46.5 Å². The smallest absolute Gasteiger partial charge is 0.256 e. The van der Waals surface area contributed by atoms with Crippen LogP contribution in [0.5, 0.6) is 0 Å². The van der Waals surface area contributed by atoms with E-state index in [2.05, 4.69) is 10.3 Å². The fraction of sp³-hybridized carbons (Fsp3) is 0.310. The molecule has 1 aromatic heterocycles. The molecule has 1 N–H and O–H groups in total. The average Bonchev–Trinajstić information content (AvgIpc) is 3.31. The number of hydrogen-bond donors (Lipinski definition) is 1. The van der Waals surface area contributed by atoms with E-state index in [0.29, 0.717) is 43.6 Å². The molecule has 1 atom stereocenters. The van der Waals surface area contributed by atoms with E-state index in [1.165, 1.54) is 0 Å². The van der Waals surface area contributed by atoms with E-state index in [9.17, 15) is 14.4 Å². The van der Waals surface area contributed by atoms with Crippen LogP contribution in [0.1, 0.15) is 44.7 Å². The van der Waals surface area contributed by atoms with Crippen molar-refractivity contribution in [1.29, 1.82) is 0 Å². The van der Waals surface area contributed by atoms with E-state index in [-0.39, 0.29) is 24.3 Å². The van der Waals surface area contributed by atoms with Gasteiger partial charge in [0.15, 0.2) is 0 Å². The van der Waals surface area contributed by atoms with Crippen LogP contribution < -0.4 is 5.32 Å². The van der Waals surface area contributed by atoms with Gasteiger partial charge in [0, 0.05) is 56.0 Å². The first-order valence-corrected chi connectivity index (χ1v) is 12.5. The monoisotopic (exact) mass is 498 g/mol. The van der Waals surface area contributed by atoms with Crippen LogP contribution in [0.3, 0.4) is 0 Å². The van der Waals surface area contributed by atoms with Crippen LogP contribution in [-0.2, 0) is 16.1 Å².